The van der Waals surface area contributed by atoms with Crippen molar-refractivity contribution in [2.45, 2.75) is 59.4 Å². The maximum absolute atomic E-state index is 6.38. The van der Waals surface area contributed by atoms with Crippen LogP contribution in [0, 0.1) is 23.7 Å². The molecule has 0 aromatic rings. The third kappa shape index (κ3) is 2.73. The molecule has 0 heterocycles. The van der Waals surface area contributed by atoms with E-state index in [0.29, 0.717) is 12.0 Å². The third-order valence-corrected chi connectivity index (χ3v) is 4.33. The van der Waals surface area contributed by atoms with Crippen molar-refractivity contribution >= 4 is 0 Å². The fraction of sp³-hybridized carbons (Fsp3) is 1.00. The average Bonchev–Trinajstić information content (AvgIpc) is 2.16. The molecule has 1 heteroatoms. The van der Waals surface area contributed by atoms with Crippen molar-refractivity contribution in [2.24, 2.45) is 29.4 Å². The summed E-state index contributed by atoms with van der Waals surface area (Å²) in [5, 5.41) is 0. The van der Waals surface area contributed by atoms with Crippen molar-refractivity contribution in [3.8, 4) is 0 Å². The highest BCUT2D eigenvalue weighted by atomic mass is 14.7. The van der Waals surface area contributed by atoms with Crippen LogP contribution in [-0.2, 0) is 0 Å². The minimum atomic E-state index is 0.422. The Bertz CT molecular complexity index is 165. The van der Waals surface area contributed by atoms with Gasteiger partial charge >= 0.3 is 0 Å². The molecular weight excluding hydrogens is 170 g/mol. The molecule has 0 amide bonds. The zero-order valence-electron chi connectivity index (χ0n) is 10.3. The van der Waals surface area contributed by atoms with Gasteiger partial charge in [-0.1, -0.05) is 47.0 Å². The molecule has 1 saturated carbocycles. The SMILES string of the molecule is CC(C)C(C)C(N)C1CCCCC1C. The Morgan fingerprint density at radius 3 is 2.14 bits per heavy atom. The summed E-state index contributed by atoms with van der Waals surface area (Å²) in [7, 11) is 0. The van der Waals surface area contributed by atoms with Crippen LogP contribution in [0.4, 0.5) is 0 Å². The standard InChI is InChI=1S/C13H27N/c1-9(2)11(4)13(14)12-8-6-5-7-10(12)3/h9-13H,5-8,14H2,1-4H3. The van der Waals surface area contributed by atoms with Crippen LogP contribution in [-0.4, -0.2) is 6.04 Å². The van der Waals surface area contributed by atoms with Gasteiger partial charge in [0.15, 0.2) is 0 Å². The van der Waals surface area contributed by atoms with Crippen molar-refractivity contribution in [1.29, 1.82) is 0 Å². The lowest BCUT2D eigenvalue weighted by Gasteiger charge is -2.37. The Labute approximate surface area is 89.5 Å². The molecule has 0 aromatic carbocycles. The number of hydrogen-bond donors (Lipinski definition) is 1. The summed E-state index contributed by atoms with van der Waals surface area (Å²) in [6.45, 7) is 9.28. The summed E-state index contributed by atoms with van der Waals surface area (Å²) in [6.07, 6.45) is 5.57. The van der Waals surface area contributed by atoms with Gasteiger partial charge < -0.3 is 5.73 Å². The van der Waals surface area contributed by atoms with Crippen LogP contribution in [0.5, 0.6) is 0 Å². The molecule has 0 saturated heterocycles. The predicted molar refractivity (Wildman–Crippen MR) is 63.1 cm³/mol. The van der Waals surface area contributed by atoms with Gasteiger partial charge in [0.05, 0.1) is 0 Å². The number of rotatable bonds is 3. The first-order valence-corrected chi connectivity index (χ1v) is 6.29. The van der Waals surface area contributed by atoms with E-state index in [2.05, 4.69) is 27.7 Å². The van der Waals surface area contributed by atoms with E-state index in [1.807, 2.05) is 0 Å². The van der Waals surface area contributed by atoms with E-state index >= 15 is 0 Å². The van der Waals surface area contributed by atoms with E-state index in [0.717, 1.165) is 17.8 Å². The Kier molecular flexibility index (Phi) is 4.43. The number of nitrogens with two attached hydrogens (primary N) is 1. The first kappa shape index (κ1) is 12.0. The van der Waals surface area contributed by atoms with E-state index in [-0.39, 0.29) is 0 Å². The molecular formula is C13H27N. The van der Waals surface area contributed by atoms with Gasteiger partial charge in [0.1, 0.15) is 0 Å². The van der Waals surface area contributed by atoms with Crippen LogP contribution in [0.3, 0.4) is 0 Å². The predicted octanol–water partition coefficient (Wildman–Crippen LogP) is 3.43. The molecule has 4 atom stereocenters. The molecule has 0 bridgehead atoms. The van der Waals surface area contributed by atoms with Gasteiger partial charge in [-0.15, -0.1) is 0 Å². The van der Waals surface area contributed by atoms with E-state index in [1.54, 1.807) is 0 Å². The Morgan fingerprint density at radius 1 is 1.07 bits per heavy atom. The monoisotopic (exact) mass is 197 g/mol. The molecule has 2 N–H and O–H groups in total. The molecule has 0 aromatic heterocycles. The molecule has 1 aliphatic carbocycles. The first-order chi connectivity index (χ1) is 6.54. The lowest BCUT2D eigenvalue weighted by Crippen LogP contribution is -2.42. The fourth-order valence-electron chi connectivity index (χ4n) is 2.75. The van der Waals surface area contributed by atoms with Crippen molar-refractivity contribution in [3.05, 3.63) is 0 Å². The Morgan fingerprint density at radius 2 is 1.64 bits per heavy atom. The molecule has 14 heavy (non-hydrogen) atoms. The second-order valence-electron chi connectivity index (χ2n) is 5.61. The Hall–Kier alpha value is -0.0400. The molecule has 1 nitrogen and oxygen atoms in total. The van der Waals surface area contributed by atoms with E-state index in [1.165, 1.54) is 25.7 Å². The van der Waals surface area contributed by atoms with Crippen molar-refractivity contribution < 1.29 is 0 Å². The molecule has 84 valence electrons. The number of hydrogen-bond acceptors (Lipinski definition) is 1. The molecule has 1 aliphatic rings. The summed E-state index contributed by atoms with van der Waals surface area (Å²) in [5.74, 6) is 3.01. The largest absolute Gasteiger partial charge is 0.327 e. The highest BCUT2D eigenvalue weighted by Gasteiger charge is 2.30. The molecule has 0 aliphatic heterocycles. The van der Waals surface area contributed by atoms with Gasteiger partial charge in [0, 0.05) is 6.04 Å². The highest BCUT2D eigenvalue weighted by molar-refractivity contribution is 4.85. The van der Waals surface area contributed by atoms with Crippen molar-refractivity contribution in [3.63, 3.8) is 0 Å². The maximum atomic E-state index is 6.38. The normalized spacial score (nSPS) is 33.0. The molecule has 1 rings (SSSR count). The smallest absolute Gasteiger partial charge is 0.00979 e. The van der Waals surface area contributed by atoms with Crippen LogP contribution in [0.25, 0.3) is 0 Å². The minimum absolute atomic E-state index is 0.422. The van der Waals surface area contributed by atoms with E-state index in [9.17, 15) is 0 Å². The summed E-state index contributed by atoms with van der Waals surface area (Å²) in [5.41, 5.74) is 6.38. The zero-order chi connectivity index (χ0) is 10.7. The van der Waals surface area contributed by atoms with Gasteiger partial charge in [-0.05, 0) is 30.1 Å². The summed E-state index contributed by atoms with van der Waals surface area (Å²) < 4.78 is 0. The second-order valence-corrected chi connectivity index (χ2v) is 5.61. The lowest BCUT2D eigenvalue weighted by molar-refractivity contribution is 0.164. The maximum Gasteiger partial charge on any atom is 0.00979 e. The van der Waals surface area contributed by atoms with Gasteiger partial charge in [-0.3, -0.25) is 0 Å². The van der Waals surface area contributed by atoms with Crippen molar-refractivity contribution in [2.75, 3.05) is 0 Å². The highest BCUT2D eigenvalue weighted by Crippen LogP contribution is 2.34. The van der Waals surface area contributed by atoms with Crippen molar-refractivity contribution in [1.82, 2.24) is 0 Å². The molecule has 4 unspecified atom stereocenters. The van der Waals surface area contributed by atoms with Crippen LogP contribution in [0.1, 0.15) is 53.4 Å². The van der Waals surface area contributed by atoms with Crippen LogP contribution in [0.2, 0.25) is 0 Å². The zero-order valence-corrected chi connectivity index (χ0v) is 10.3. The summed E-state index contributed by atoms with van der Waals surface area (Å²) >= 11 is 0. The molecule has 1 fully saturated rings. The van der Waals surface area contributed by atoms with Crippen LogP contribution < -0.4 is 5.73 Å². The van der Waals surface area contributed by atoms with Crippen LogP contribution in [0.15, 0.2) is 0 Å². The van der Waals surface area contributed by atoms with Crippen LogP contribution >= 0.6 is 0 Å². The van der Waals surface area contributed by atoms with Gasteiger partial charge in [-0.25, -0.2) is 0 Å². The summed E-state index contributed by atoms with van der Waals surface area (Å²) in [4.78, 5) is 0. The fourth-order valence-corrected chi connectivity index (χ4v) is 2.75. The third-order valence-electron chi connectivity index (χ3n) is 4.33. The Balaban J connectivity index is 2.53. The minimum Gasteiger partial charge on any atom is -0.327 e. The van der Waals surface area contributed by atoms with E-state index in [4.69, 9.17) is 5.73 Å². The van der Waals surface area contributed by atoms with E-state index < -0.39 is 0 Å². The topological polar surface area (TPSA) is 26.0 Å². The molecule has 0 spiro atoms. The first-order valence-electron chi connectivity index (χ1n) is 6.29. The second kappa shape index (κ2) is 5.16. The average molecular weight is 197 g/mol. The molecule has 0 radical (unpaired) electrons. The van der Waals surface area contributed by atoms with Gasteiger partial charge in [0.25, 0.3) is 0 Å². The summed E-state index contributed by atoms with van der Waals surface area (Å²) in [6, 6.07) is 0.422. The lowest BCUT2D eigenvalue weighted by atomic mass is 9.71. The quantitative estimate of drug-likeness (QED) is 0.737. The van der Waals surface area contributed by atoms with Gasteiger partial charge in [-0.2, -0.15) is 0 Å². The van der Waals surface area contributed by atoms with Gasteiger partial charge in [0.2, 0.25) is 0 Å².